The van der Waals surface area contributed by atoms with Crippen LogP contribution in [0.4, 0.5) is 0 Å². The lowest BCUT2D eigenvalue weighted by molar-refractivity contribution is 0.530. The Morgan fingerprint density at radius 2 is 1.96 bits per heavy atom. The molecule has 0 aliphatic heterocycles. The van der Waals surface area contributed by atoms with Gasteiger partial charge in [0.05, 0.1) is 18.1 Å². The fourth-order valence-electron chi connectivity index (χ4n) is 2.39. The third-order valence-electron chi connectivity index (χ3n) is 3.53. The van der Waals surface area contributed by atoms with Crippen LogP contribution in [0.2, 0.25) is 5.02 Å². The Morgan fingerprint density at radius 1 is 1.04 bits per heavy atom. The summed E-state index contributed by atoms with van der Waals surface area (Å²) in [5.74, 6) is 1.94. The molecule has 4 aromatic rings. The number of benzene rings is 2. The fraction of sp³-hybridized carbons (Fsp3) is 0.0556. The van der Waals surface area contributed by atoms with Crippen LogP contribution in [0.15, 0.2) is 70.4 Å². The summed E-state index contributed by atoms with van der Waals surface area (Å²) in [5, 5.41) is 12.0. The Morgan fingerprint density at radius 3 is 2.88 bits per heavy atom. The van der Waals surface area contributed by atoms with Gasteiger partial charge in [-0.3, -0.25) is 0 Å². The topological polar surface area (TPSA) is 51.8 Å². The van der Waals surface area contributed by atoms with E-state index in [0.717, 1.165) is 21.4 Å². The molecule has 0 amide bonds. The molecule has 0 aliphatic rings. The lowest BCUT2D eigenvalue weighted by atomic mass is 10.2. The Balaban J connectivity index is 1.54. The van der Waals surface area contributed by atoms with Crippen molar-refractivity contribution in [1.82, 2.24) is 15.2 Å². The lowest BCUT2D eigenvalue weighted by Gasteiger charge is -2.02. The van der Waals surface area contributed by atoms with Crippen LogP contribution in [0.3, 0.4) is 0 Å². The average molecular weight is 354 g/mol. The van der Waals surface area contributed by atoms with E-state index in [4.69, 9.17) is 16.0 Å². The van der Waals surface area contributed by atoms with Crippen molar-refractivity contribution in [2.45, 2.75) is 10.8 Å². The number of nitrogens with zero attached hydrogens (tertiary/aromatic N) is 3. The van der Waals surface area contributed by atoms with E-state index in [1.54, 1.807) is 24.2 Å². The molecular formula is C18H12ClN3OS. The van der Waals surface area contributed by atoms with Crippen LogP contribution in [0.5, 0.6) is 0 Å². The zero-order chi connectivity index (χ0) is 16.4. The molecule has 0 bridgehead atoms. The van der Waals surface area contributed by atoms with Crippen LogP contribution in [0.1, 0.15) is 5.89 Å². The summed E-state index contributed by atoms with van der Waals surface area (Å²) in [6, 6.07) is 15.6. The summed E-state index contributed by atoms with van der Waals surface area (Å²) in [7, 11) is 0. The summed E-state index contributed by atoms with van der Waals surface area (Å²) >= 11 is 7.58. The van der Waals surface area contributed by atoms with E-state index in [9.17, 15) is 0 Å². The molecule has 24 heavy (non-hydrogen) atoms. The van der Waals surface area contributed by atoms with E-state index in [-0.39, 0.29) is 0 Å². The van der Waals surface area contributed by atoms with Crippen LogP contribution < -0.4 is 0 Å². The van der Waals surface area contributed by atoms with Crippen molar-refractivity contribution < 1.29 is 4.42 Å². The zero-order valence-electron chi connectivity index (χ0n) is 12.5. The summed E-state index contributed by atoms with van der Waals surface area (Å²) in [4.78, 5) is 4.34. The van der Waals surface area contributed by atoms with Crippen molar-refractivity contribution >= 4 is 34.1 Å². The third kappa shape index (κ3) is 3.13. The first-order valence-corrected chi connectivity index (χ1v) is 8.70. The highest BCUT2D eigenvalue weighted by Crippen LogP contribution is 2.29. The molecule has 0 saturated heterocycles. The van der Waals surface area contributed by atoms with Crippen LogP contribution in [0.25, 0.3) is 22.1 Å². The van der Waals surface area contributed by atoms with Gasteiger partial charge in [0.2, 0.25) is 5.89 Å². The SMILES string of the molecule is Clc1cccc(-c2cnc(CSc3nncc4ccccc34)o2)c1. The first-order valence-electron chi connectivity index (χ1n) is 7.33. The Labute approximate surface area is 147 Å². The van der Waals surface area contributed by atoms with E-state index in [1.165, 1.54) is 0 Å². The number of hydrogen-bond donors (Lipinski definition) is 0. The van der Waals surface area contributed by atoms with Gasteiger partial charge in [-0.05, 0) is 12.1 Å². The van der Waals surface area contributed by atoms with E-state index in [0.29, 0.717) is 22.4 Å². The molecule has 0 fully saturated rings. The summed E-state index contributed by atoms with van der Waals surface area (Å²) in [5.41, 5.74) is 0.913. The van der Waals surface area contributed by atoms with E-state index < -0.39 is 0 Å². The molecule has 2 aromatic carbocycles. The van der Waals surface area contributed by atoms with Gasteiger partial charge in [0.15, 0.2) is 5.76 Å². The molecule has 0 N–H and O–H groups in total. The van der Waals surface area contributed by atoms with Gasteiger partial charge in [0, 0.05) is 21.4 Å². The van der Waals surface area contributed by atoms with Gasteiger partial charge in [0.25, 0.3) is 0 Å². The van der Waals surface area contributed by atoms with Gasteiger partial charge < -0.3 is 4.42 Å². The highest BCUT2D eigenvalue weighted by molar-refractivity contribution is 7.98. The quantitative estimate of drug-likeness (QED) is 0.470. The number of rotatable bonds is 4. The van der Waals surface area contributed by atoms with Crippen molar-refractivity contribution in [1.29, 1.82) is 0 Å². The number of oxazole rings is 1. The molecule has 0 radical (unpaired) electrons. The molecule has 0 unspecified atom stereocenters. The maximum absolute atomic E-state index is 6.02. The standard InChI is InChI=1S/C18H12ClN3OS/c19-14-6-3-5-12(8-14)16-10-20-17(23-16)11-24-18-15-7-2-1-4-13(15)9-21-22-18/h1-10H,11H2. The van der Waals surface area contributed by atoms with E-state index in [2.05, 4.69) is 15.2 Å². The van der Waals surface area contributed by atoms with Gasteiger partial charge in [-0.1, -0.05) is 59.8 Å². The average Bonchev–Trinajstić information content (AvgIpc) is 3.09. The molecule has 6 heteroatoms. The smallest absolute Gasteiger partial charge is 0.205 e. The maximum Gasteiger partial charge on any atom is 0.205 e. The number of hydrogen-bond acceptors (Lipinski definition) is 5. The first kappa shape index (κ1) is 15.2. The molecule has 0 aliphatic carbocycles. The monoisotopic (exact) mass is 353 g/mol. The van der Waals surface area contributed by atoms with Crippen molar-refractivity contribution in [3.05, 3.63) is 71.8 Å². The number of fused-ring (bicyclic) bond motifs is 1. The Bertz CT molecular complexity index is 997. The van der Waals surface area contributed by atoms with Crippen molar-refractivity contribution in [2.24, 2.45) is 0 Å². The minimum Gasteiger partial charge on any atom is -0.440 e. The van der Waals surface area contributed by atoms with Gasteiger partial charge in [-0.25, -0.2) is 4.98 Å². The predicted octanol–water partition coefficient (Wildman–Crippen LogP) is 5.23. The predicted molar refractivity (Wildman–Crippen MR) is 96.0 cm³/mol. The van der Waals surface area contributed by atoms with Crippen molar-refractivity contribution in [2.75, 3.05) is 0 Å². The fourth-order valence-corrected chi connectivity index (χ4v) is 3.42. The van der Waals surface area contributed by atoms with Crippen LogP contribution >= 0.6 is 23.4 Å². The van der Waals surface area contributed by atoms with Crippen molar-refractivity contribution in [3.8, 4) is 11.3 Å². The van der Waals surface area contributed by atoms with E-state index >= 15 is 0 Å². The second-order valence-corrected chi connectivity index (χ2v) is 6.55. The third-order valence-corrected chi connectivity index (χ3v) is 4.73. The second kappa shape index (κ2) is 6.63. The van der Waals surface area contributed by atoms with Crippen molar-refractivity contribution in [3.63, 3.8) is 0 Å². The van der Waals surface area contributed by atoms with E-state index in [1.807, 2.05) is 48.5 Å². The number of halogens is 1. The minimum atomic E-state index is 0.587. The molecule has 118 valence electrons. The molecule has 2 heterocycles. The Kier molecular flexibility index (Phi) is 4.19. The molecule has 0 atom stereocenters. The molecule has 4 nitrogen and oxygen atoms in total. The number of aromatic nitrogens is 3. The largest absolute Gasteiger partial charge is 0.440 e. The highest BCUT2D eigenvalue weighted by Gasteiger charge is 2.10. The summed E-state index contributed by atoms with van der Waals surface area (Å²) < 4.78 is 5.82. The van der Waals surface area contributed by atoms with Gasteiger partial charge in [0.1, 0.15) is 5.03 Å². The minimum absolute atomic E-state index is 0.587. The van der Waals surface area contributed by atoms with Crippen LogP contribution in [0, 0.1) is 0 Å². The lowest BCUT2D eigenvalue weighted by Crippen LogP contribution is -1.88. The maximum atomic E-state index is 6.02. The summed E-state index contributed by atoms with van der Waals surface area (Å²) in [6.45, 7) is 0. The van der Waals surface area contributed by atoms with Gasteiger partial charge in [-0.2, -0.15) is 5.10 Å². The van der Waals surface area contributed by atoms with Gasteiger partial charge >= 0.3 is 0 Å². The normalized spacial score (nSPS) is 11.0. The van der Waals surface area contributed by atoms with Crippen LogP contribution in [-0.2, 0) is 5.75 Å². The molecule has 0 saturated carbocycles. The first-order chi connectivity index (χ1) is 11.8. The second-order valence-electron chi connectivity index (χ2n) is 5.15. The zero-order valence-corrected chi connectivity index (χ0v) is 14.1. The molecule has 0 spiro atoms. The summed E-state index contributed by atoms with van der Waals surface area (Å²) in [6.07, 6.45) is 3.48. The Hall–Kier alpha value is -2.37. The van der Waals surface area contributed by atoms with Gasteiger partial charge in [-0.15, -0.1) is 5.10 Å². The van der Waals surface area contributed by atoms with Crippen LogP contribution in [-0.4, -0.2) is 15.2 Å². The molecular weight excluding hydrogens is 342 g/mol. The molecule has 4 rings (SSSR count). The molecule has 2 aromatic heterocycles. The highest BCUT2D eigenvalue weighted by atomic mass is 35.5. The number of thioether (sulfide) groups is 1.